The van der Waals surface area contributed by atoms with Crippen molar-refractivity contribution in [3.8, 4) is 0 Å². The highest BCUT2D eigenvalue weighted by Gasteiger charge is 2.10. The Morgan fingerprint density at radius 2 is 2.24 bits per heavy atom. The Labute approximate surface area is 105 Å². The van der Waals surface area contributed by atoms with Crippen molar-refractivity contribution < 1.29 is 4.79 Å². The number of aromatic nitrogens is 1. The summed E-state index contributed by atoms with van der Waals surface area (Å²) in [6.07, 6.45) is 3.67. The third-order valence-electron chi connectivity index (χ3n) is 2.55. The standard InChI is InChI=1S/C13H13ClN2O/c1-9-3-2-4-11(12(9)14)13(17)16-8-10-5-6-15-7-10/h2-7,15H,8H2,1H3,(H,16,17). The van der Waals surface area contributed by atoms with E-state index in [1.165, 1.54) is 0 Å². The number of benzene rings is 1. The Balaban J connectivity index is 2.07. The summed E-state index contributed by atoms with van der Waals surface area (Å²) < 4.78 is 0. The molecule has 0 saturated heterocycles. The zero-order valence-corrected chi connectivity index (χ0v) is 10.2. The zero-order chi connectivity index (χ0) is 12.3. The van der Waals surface area contributed by atoms with Crippen LogP contribution in [0, 0.1) is 6.92 Å². The molecule has 0 fully saturated rings. The average molecular weight is 249 g/mol. The van der Waals surface area contributed by atoms with Gasteiger partial charge in [0.05, 0.1) is 10.6 Å². The summed E-state index contributed by atoms with van der Waals surface area (Å²) in [6.45, 7) is 2.37. The van der Waals surface area contributed by atoms with Gasteiger partial charge in [0.25, 0.3) is 5.91 Å². The predicted molar refractivity (Wildman–Crippen MR) is 68.2 cm³/mol. The van der Waals surface area contributed by atoms with Gasteiger partial charge in [0.15, 0.2) is 0 Å². The summed E-state index contributed by atoms with van der Waals surface area (Å²) in [5.41, 5.74) is 2.45. The third-order valence-corrected chi connectivity index (χ3v) is 3.05. The van der Waals surface area contributed by atoms with Crippen molar-refractivity contribution in [3.63, 3.8) is 0 Å². The first-order valence-corrected chi connectivity index (χ1v) is 5.71. The van der Waals surface area contributed by atoms with E-state index in [1.807, 2.05) is 37.5 Å². The normalized spacial score (nSPS) is 10.2. The van der Waals surface area contributed by atoms with Crippen LogP contribution >= 0.6 is 11.6 Å². The number of aromatic amines is 1. The van der Waals surface area contributed by atoms with Crippen molar-refractivity contribution in [1.29, 1.82) is 0 Å². The monoisotopic (exact) mass is 248 g/mol. The first kappa shape index (κ1) is 11.7. The Kier molecular flexibility index (Phi) is 3.49. The first-order valence-electron chi connectivity index (χ1n) is 5.33. The second-order valence-electron chi connectivity index (χ2n) is 3.84. The summed E-state index contributed by atoms with van der Waals surface area (Å²) >= 11 is 6.08. The lowest BCUT2D eigenvalue weighted by molar-refractivity contribution is 0.0951. The van der Waals surface area contributed by atoms with Gasteiger partial charge < -0.3 is 10.3 Å². The molecule has 0 aliphatic carbocycles. The van der Waals surface area contributed by atoms with Crippen molar-refractivity contribution in [2.75, 3.05) is 0 Å². The highest BCUT2D eigenvalue weighted by atomic mass is 35.5. The van der Waals surface area contributed by atoms with Crippen LogP contribution in [0.2, 0.25) is 5.02 Å². The fourth-order valence-corrected chi connectivity index (χ4v) is 1.78. The molecule has 4 heteroatoms. The minimum absolute atomic E-state index is 0.153. The van der Waals surface area contributed by atoms with E-state index in [4.69, 9.17) is 11.6 Å². The van der Waals surface area contributed by atoms with E-state index in [0.29, 0.717) is 17.1 Å². The number of hydrogen-bond acceptors (Lipinski definition) is 1. The number of H-pyrrole nitrogens is 1. The maximum absolute atomic E-state index is 11.9. The summed E-state index contributed by atoms with van der Waals surface area (Å²) in [7, 11) is 0. The van der Waals surface area contributed by atoms with Gasteiger partial charge in [-0.25, -0.2) is 0 Å². The number of halogens is 1. The number of amides is 1. The molecule has 2 rings (SSSR count). The van der Waals surface area contributed by atoms with E-state index >= 15 is 0 Å². The van der Waals surface area contributed by atoms with Gasteiger partial charge in [-0.1, -0.05) is 23.7 Å². The van der Waals surface area contributed by atoms with E-state index in [0.717, 1.165) is 11.1 Å². The lowest BCUT2D eigenvalue weighted by Gasteiger charge is -2.07. The van der Waals surface area contributed by atoms with E-state index in [-0.39, 0.29) is 5.91 Å². The smallest absolute Gasteiger partial charge is 0.253 e. The SMILES string of the molecule is Cc1cccc(C(=O)NCc2cc[nH]c2)c1Cl. The molecule has 0 radical (unpaired) electrons. The number of rotatable bonds is 3. The van der Waals surface area contributed by atoms with Gasteiger partial charge in [0, 0.05) is 18.9 Å². The molecule has 0 aliphatic heterocycles. The highest BCUT2D eigenvalue weighted by Crippen LogP contribution is 2.20. The highest BCUT2D eigenvalue weighted by molar-refractivity contribution is 6.34. The van der Waals surface area contributed by atoms with Crippen LogP contribution in [0.15, 0.2) is 36.7 Å². The Bertz CT molecular complexity index is 520. The molecule has 17 heavy (non-hydrogen) atoms. The van der Waals surface area contributed by atoms with E-state index in [2.05, 4.69) is 10.3 Å². The van der Waals surface area contributed by atoms with Crippen LogP contribution in [-0.4, -0.2) is 10.9 Å². The summed E-state index contributed by atoms with van der Waals surface area (Å²) in [5.74, 6) is -0.153. The average Bonchev–Trinajstić information content (AvgIpc) is 2.82. The molecule has 0 aliphatic rings. The van der Waals surface area contributed by atoms with Crippen LogP contribution < -0.4 is 5.32 Å². The van der Waals surface area contributed by atoms with Crippen molar-refractivity contribution >= 4 is 17.5 Å². The molecule has 1 aromatic carbocycles. The van der Waals surface area contributed by atoms with Gasteiger partial charge in [-0.05, 0) is 30.2 Å². The summed E-state index contributed by atoms with van der Waals surface area (Å²) in [4.78, 5) is 14.8. The van der Waals surface area contributed by atoms with Crippen molar-refractivity contribution in [2.45, 2.75) is 13.5 Å². The Morgan fingerprint density at radius 1 is 1.41 bits per heavy atom. The number of hydrogen-bond donors (Lipinski definition) is 2. The summed E-state index contributed by atoms with van der Waals surface area (Å²) in [6, 6.07) is 7.34. The lowest BCUT2D eigenvalue weighted by Crippen LogP contribution is -2.23. The Morgan fingerprint density at radius 3 is 2.94 bits per heavy atom. The molecule has 0 atom stereocenters. The second kappa shape index (κ2) is 5.06. The lowest BCUT2D eigenvalue weighted by atomic mass is 10.1. The topological polar surface area (TPSA) is 44.9 Å². The van der Waals surface area contributed by atoms with E-state index in [1.54, 1.807) is 6.07 Å². The van der Waals surface area contributed by atoms with Crippen LogP contribution in [-0.2, 0) is 6.54 Å². The van der Waals surface area contributed by atoms with Gasteiger partial charge in [-0.15, -0.1) is 0 Å². The maximum atomic E-state index is 11.9. The molecule has 0 bridgehead atoms. The molecule has 1 heterocycles. The molecule has 1 aromatic heterocycles. The molecular weight excluding hydrogens is 236 g/mol. The molecule has 1 amide bonds. The minimum Gasteiger partial charge on any atom is -0.367 e. The van der Waals surface area contributed by atoms with Crippen LogP contribution in [0.25, 0.3) is 0 Å². The van der Waals surface area contributed by atoms with Crippen LogP contribution in [0.5, 0.6) is 0 Å². The number of carbonyl (C=O) groups excluding carboxylic acids is 1. The molecule has 2 aromatic rings. The van der Waals surface area contributed by atoms with Crippen LogP contribution in [0.4, 0.5) is 0 Å². The number of aryl methyl sites for hydroxylation is 1. The predicted octanol–water partition coefficient (Wildman–Crippen LogP) is 2.91. The largest absolute Gasteiger partial charge is 0.367 e. The molecule has 0 unspecified atom stereocenters. The fourth-order valence-electron chi connectivity index (χ4n) is 1.57. The Hall–Kier alpha value is -1.74. The molecule has 3 nitrogen and oxygen atoms in total. The molecule has 0 spiro atoms. The maximum Gasteiger partial charge on any atom is 0.253 e. The molecule has 88 valence electrons. The van der Waals surface area contributed by atoms with Crippen LogP contribution in [0.3, 0.4) is 0 Å². The van der Waals surface area contributed by atoms with Gasteiger partial charge in [-0.2, -0.15) is 0 Å². The second-order valence-corrected chi connectivity index (χ2v) is 4.22. The van der Waals surface area contributed by atoms with Crippen LogP contribution in [0.1, 0.15) is 21.5 Å². The van der Waals surface area contributed by atoms with Crippen molar-refractivity contribution in [3.05, 3.63) is 58.4 Å². The van der Waals surface area contributed by atoms with E-state index < -0.39 is 0 Å². The third kappa shape index (κ3) is 2.68. The van der Waals surface area contributed by atoms with Crippen molar-refractivity contribution in [2.24, 2.45) is 0 Å². The van der Waals surface area contributed by atoms with Gasteiger partial charge in [0.1, 0.15) is 0 Å². The van der Waals surface area contributed by atoms with Gasteiger partial charge in [-0.3, -0.25) is 4.79 Å². The minimum atomic E-state index is -0.153. The molecule has 0 saturated carbocycles. The number of carbonyl (C=O) groups is 1. The van der Waals surface area contributed by atoms with Gasteiger partial charge in [0.2, 0.25) is 0 Å². The van der Waals surface area contributed by atoms with Crippen molar-refractivity contribution in [1.82, 2.24) is 10.3 Å². The molecule has 2 N–H and O–H groups in total. The van der Waals surface area contributed by atoms with E-state index in [9.17, 15) is 4.79 Å². The zero-order valence-electron chi connectivity index (χ0n) is 9.46. The summed E-state index contributed by atoms with van der Waals surface area (Å²) in [5, 5.41) is 3.34. The quantitative estimate of drug-likeness (QED) is 0.862. The number of nitrogens with one attached hydrogen (secondary N) is 2. The fraction of sp³-hybridized carbons (Fsp3) is 0.154. The van der Waals surface area contributed by atoms with Gasteiger partial charge >= 0.3 is 0 Å². The molecular formula is C13H13ClN2O. The first-order chi connectivity index (χ1) is 8.18.